The Morgan fingerprint density at radius 3 is 2.55 bits per heavy atom. The van der Waals surface area contributed by atoms with Crippen molar-refractivity contribution in [3.63, 3.8) is 0 Å². The van der Waals surface area contributed by atoms with Crippen LogP contribution in [-0.2, 0) is 24.0 Å². The topological polar surface area (TPSA) is 47.4 Å². The molecule has 0 spiro atoms. The lowest BCUT2D eigenvalue weighted by Crippen LogP contribution is -2.42. The van der Waals surface area contributed by atoms with E-state index in [0.29, 0.717) is 6.04 Å². The van der Waals surface area contributed by atoms with Crippen molar-refractivity contribution in [2.45, 2.75) is 76.8 Å². The Bertz CT molecular complexity index is 1150. The zero-order chi connectivity index (χ0) is 22.9. The summed E-state index contributed by atoms with van der Waals surface area (Å²) in [4.78, 5) is 19.6. The first-order valence-corrected chi connectivity index (χ1v) is 12.6. The maximum Gasteiger partial charge on any atom is 0.414 e. The summed E-state index contributed by atoms with van der Waals surface area (Å²) in [5, 5.41) is 0.768. The molecule has 33 heavy (non-hydrogen) atoms. The van der Waals surface area contributed by atoms with Crippen LogP contribution in [-0.4, -0.2) is 28.8 Å². The van der Waals surface area contributed by atoms with Crippen LogP contribution in [0.4, 0.5) is 10.5 Å². The van der Waals surface area contributed by atoms with Gasteiger partial charge in [0.25, 0.3) is 0 Å². The number of carbonyl (C=O) groups excluding carboxylic acids is 1. The molecule has 1 atom stereocenters. The highest BCUT2D eigenvalue weighted by atomic mass is 35.5. The monoisotopic (exact) mass is 465 g/mol. The van der Waals surface area contributed by atoms with Gasteiger partial charge in [-0.1, -0.05) is 43.0 Å². The lowest BCUT2D eigenvalue weighted by atomic mass is 9.94. The summed E-state index contributed by atoms with van der Waals surface area (Å²) >= 11 is 6.08. The van der Waals surface area contributed by atoms with Crippen molar-refractivity contribution in [3.05, 3.63) is 58.4 Å². The van der Waals surface area contributed by atoms with E-state index < -0.39 is 0 Å². The molecule has 2 aliphatic rings. The smallest absolute Gasteiger partial charge is 0.414 e. The summed E-state index contributed by atoms with van der Waals surface area (Å²) in [6, 6.07) is 13.0. The molecule has 2 aromatic carbocycles. The third-order valence-electron chi connectivity index (χ3n) is 7.39. The van der Waals surface area contributed by atoms with Gasteiger partial charge in [0.1, 0.15) is 5.82 Å². The molecule has 174 valence electrons. The predicted molar refractivity (Wildman–Crippen MR) is 133 cm³/mol. The molecule has 5 nitrogen and oxygen atoms in total. The average molecular weight is 466 g/mol. The van der Waals surface area contributed by atoms with Gasteiger partial charge in [-0.3, -0.25) is 4.90 Å². The van der Waals surface area contributed by atoms with Gasteiger partial charge < -0.3 is 9.30 Å². The van der Waals surface area contributed by atoms with E-state index in [9.17, 15) is 4.79 Å². The molecule has 6 heteroatoms. The first-order chi connectivity index (χ1) is 16.1. The van der Waals surface area contributed by atoms with Crippen LogP contribution in [0, 0.1) is 0 Å². The standard InChI is InChI=1S/C27H32ClN3O2/c1-18-8-14-22-23(30(18)27(32)33-2)15-16-24-26(22)29-25(31(24)21-6-4-3-5-7-21)17-11-19-9-12-20(28)13-10-19/h9-10,12-13,15-16,18,21H,3-8,11,14,17H2,1-2H3/t18-/m0/s1. The summed E-state index contributed by atoms with van der Waals surface area (Å²) in [6.45, 7) is 2.09. The van der Waals surface area contributed by atoms with E-state index in [1.807, 2.05) is 12.1 Å². The molecular formula is C27H32ClN3O2. The fourth-order valence-corrected chi connectivity index (χ4v) is 5.78. The van der Waals surface area contributed by atoms with Crippen molar-refractivity contribution >= 4 is 34.4 Å². The zero-order valence-electron chi connectivity index (χ0n) is 19.5. The van der Waals surface area contributed by atoms with Crippen molar-refractivity contribution in [2.75, 3.05) is 12.0 Å². The van der Waals surface area contributed by atoms with Gasteiger partial charge in [0.15, 0.2) is 0 Å². The SMILES string of the molecule is COC(=O)N1c2ccc3c(nc(CCc4ccc(Cl)cc4)n3C3CCCCC3)c2CC[C@@H]1C. The van der Waals surface area contributed by atoms with Gasteiger partial charge in [-0.2, -0.15) is 0 Å². The van der Waals surface area contributed by atoms with Crippen LogP contribution in [0.25, 0.3) is 11.0 Å². The Labute approximate surface area is 200 Å². The zero-order valence-corrected chi connectivity index (χ0v) is 20.3. The number of aryl methyl sites for hydroxylation is 3. The molecule has 1 fully saturated rings. The van der Waals surface area contributed by atoms with Crippen LogP contribution in [0.15, 0.2) is 36.4 Å². The van der Waals surface area contributed by atoms with Crippen molar-refractivity contribution in [1.29, 1.82) is 0 Å². The Morgan fingerprint density at radius 2 is 1.82 bits per heavy atom. The summed E-state index contributed by atoms with van der Waals surface area (Å²) in [5.74, 6) is 1.16. The minimum atomic E-state index is -0.294. The predicted octanol–water partition coefficient (Wildman–Crippen LogP) is 6.89. The number of hydrogen-bond donors (Lipinski definition) is 0. The number of fused-ring (bicyclic) bond motifs is 3. The highest BCUT2D eigenvalue weighted by Gasteiger charge is 2.32. The largest absolute Gasteiger partial charge is 0.452 e. The van der Waals surface area contributed by atoms with E-state index in [1.54, 1.807) is 4.90 Å². The number of aromatic nitrogens is 2. The molecule has 1 aromatic heterocycles. The number of methoxy groups -OCH3 is 1. The maximum absolute atomic E-state index is 12.5. The fraction of sp³-hybridized carbons (Fsp3) is 0.481. The minimum Gasteiger partial charge on any atom is -0.452 e. The minimum absolute atomic E-state index is 0.118. The van der Waals surface area contributed by atoms with E-state index in [2.05, 4.69) is 35.8 Å². The molecule has 0 unspecified atom stereocenters. The lowest BCUT2D eigenvalue weighted by Gasteiger charge is -2.34. The Morgan fingerprint density at radius 1 is 1.06 bits per heavy atom. The second-order valence-corrected chi connectivity index (χ2v) is 9.91. The number of nitrogens with zero attached hydrogens (tertiary/aromatic N) is 3. The van der Waals surface area contributed by atoms with Gasteiger partial charge in [-0.05, 0) is 68.9 Å². The first-order valence-electron chi connectivity index (χ1n) is 12.2. The summed E-state index contributed by atoms with van der Waals surface area (Å²) < 4.78 is 7.62. The molecule has 0 bridgehead atoms. The Hall–Kier alpha value is -2.53. The van der Waals surface area contributed by atoms with Crippen molar-refractivity contribution in [1.82, 2.24) is 9.55 Å². The summed E-state index contributed by atoms with van der Waals surface area (Å²) in [7, 11) is 1.45. The van der Waals surface area contributed by atoms with Crippen LogP contribution in [0.1, 0.15) is 68.4 Å². The first kappa shape index (κ1) is 22.3. The Balaban J connectivity index is 1.58. The molecular weight excluding hydrogens is 434 g/mol. The van der Waals surface area contributed by atoms with E-state index in [4.69, 9.17) is 21.3 Å². The molecule has 0 saturated heterocycles. The van der Waals surface area contributed by atoms with Crippen LogP contribution in [0.2, 0.25) is 5.02 Å². The average Bonchev–Trinajstić information content (AvgIpc) is 3.22. The van der Waals surface area contributed by atoms with Crippen LogP contribution >= 0.6 is 11.6 Å². The second kappa shape index (κ2) is 9.38. The van der Waals surface area contributed by atoms with Gasteiger partial charge in [0.05, 0.1) is 23.8 Å². The third-order valence-corrected chi connectivity index (χ3v) is 7.64. The van der Waals surface area contributed by atoms with Gasteiger partial charge in [0.2, 0.25) is 0 Å². The third kappa shape index (κ3) is 4.23. The number of ether oxygens (including phenoxy) is 1. The molecule has 1 saturated carbocycles. The number of halogens is 1. The summed E-state index contributed by atoms with van der Waals surface area (Å²) in [6.07, 6.45) is 9.67. The van der Waals surface area contributed by atoms with E-state index in [0.717, 1.165) is 47.7 Å². The van der Waals surface area contributed by atoms with E-state index >= 15 is 0 Å². The van der Waals surface area contributed by atoms with Crippen LogP contribution in [0.5, 0.6) is 0 Å². The Kier molecular flexibility index (Phi) is 6.33. The highest BCUT2D eigenvalue weighted by Crippen LogP contribution is 2.39. The second-order valence-electron chi connectivity index (χ2n) is 9.48. The van der Waals surface area contributed by atoms with Crippen molar-refractivity contribution < 1.29 is 9.53 Å². The molecule has 0 N–H and O–H groups in total. The number of hydrogen-bond acceptors (Lipinski definition) is 3. The quantitative estimate of drug-likeness (QED) is 0.421. The highest BCUT2D eigenvalue weighted by molar-refractivity contribution is 6.30. The van der Waals surface area contributed by atoms with Crippen molar-refractivity contribution in [2.24, 2.45) is 0 Å². The number of carbonyl (C=O) groups is 1. The molecule has 1 amide bonds. The number of imidazole rings is 1. The molecule has 1 aliphatic heterocycles. The molecule has 0 radical (unpaired) electrons. The van der Waals surface area contributed by atoms with Gasteiger partial charge in [0, 0.05) is 29.1 Å². The summed E-state index contributed by atoms with van der Waals surface area (Å²) in [5.41, 5.74) is 5.68. The van der Waals surface area contributed by atoms with Gasteiger partial charge in [-0.25, -0.2) is 9.78 Å². The van der Waals surface area contributed by atoms with Gasteiger partial charge >= 0.3 is 6.09 Å². The molecule has 3 aromatic rings. The normalized spacial score (nSPS) is 19.0. The van der Waals surface area contributed by atoms with E-state index in [1.165, 1.54) is 55.9 Å². The number of amides is 1. The van der Waals surface area contributed by atoms with E-state index in [-0.39, 0.29) is 12.1 Å². The molecule has 1 aliphatic carbocycles. The number of rotatable bonds is 4. The van der Waals surface area contributed by atoms with Crippen LogP contribution in [0.3, 0.4) is 0 Å². The van der Waals surface area contributed by atoms with Gasteiger partial charge in [-0.15, -0.1) is 0 Å². The maximum atomic E-state index is 12.5. The number of anilines is 1. The lowest BCUT2D eigenvalue weighted by molar-refractivity contribution is 0.175. The molecule has 2 heterocycles. The van der Waals surface area contributed by atoms with Crippen molar-refractivity contribution in [3.8, 4) is 0 Å². The molecule has 5 rings (SSSR count). The van der Waals surface area contributed by atoms with Crippen LogP contribution < -0.4 is 4.90 Å². The fourth-order valence-electron chi connectivity index (χ4n) is 5.65. The number of benzene rings is 2.